The van der Waals surface area contributed by atoms with E-state index in [-0.39, 0.29) is 0 Å². The number of nitrogens with zero attached hydrogens (tertiary/aromatic N) is 4. The lowest BCUT2D eigenvalue weighted by atomic mass is 9.99. The number of para-hydroxylation sites is 2. The van der Waals surface area contributed by atoms with Gasteiger partial charge in [0, 0.05) is 54.9 Å². The van der Waals surface area contributed by atoms with E-state index in [1.807, 2.05) is 24.4 Å². The fourth-order valence-corrected chi connectivity index (χ4v) is 7.80. The largest absolute Gasteiger partial charge is 0.455 e. The number of fused-ring (bicyclic) bond motifs is 11. The monoisotopic (exact) mass is 638 g/mol. The Bertz CT molecular complexity index is 3120. The van der Waals surface area contributed by atoms with Crippen LogP contribution >= 0.6 is 0 Å². The van der Waals surface area contributed by atoms with Gasteiger partial charge in [-0.05, 0) is 48.5 Å². The summed E-state index contributed by atoms with van der Waals surface area (Å²) < 4.78 is 9.12. The van der Waals surface area contributed by atoms with Crippen molar-refractivity contribution in [2.24, 2.45) is 0 Å². The lowest BCUT2D eigenvalue weighted by Gasteiger charge is -2.13. The molecule has 0 aliphatic rings. The molecule has 0 aliphatic carbocycles. The Labute approximate surface area is 285 Å². The van der Waals surface area contributed by atoms with Crippen LogP contribution in [0.25, 0.3) is 105 Å². The first kappa shape index (κ1) is 27.1. The molecule has 0 unspecified atom stereocenters. The van der Waals surface area contributed by atoms with Crippen LogP contribution in [0, 0.1) is 0 Å². The summed E-state index contributed by atoms with van der Waals surface area (Å²) in [7, 11) is 0. The third-order valence-electron chi connectivity index (χ3n) is 10.0. The quantitative estimate of drug-likeness (QED) is 0.181. The second-order valence-corrected chi connectivity index (χ2v) is 12.8. The molecule has 5 aromatic heterocycles. The number of rotatable bonds is 3. The molecule has 0 fully saturated rings. The molecule has 0 bridgehead atoms. The zero-order valence-corrected chi connectivity index (χ0v) is 26.7. The summed E-state index contributed by atoms with van der Waals surface area (Å²) in [4.78, 5) is 15.0. The van der Waals surface area contributed by atoms with E-state index < -0.39 is 0 Å². The van der Waals surface area contributed by atoms with Gasteiger partial charge in [0.2, 0.25) is 0 Å². The number of aromatic nitrogens is 4. The molecular weight excluding hydrogens is 613 g/mol. The number of hydrogen-bond donors (Lipinski definition) is 0. The Morgan fingerprint density at radius 2 is 1.12 bits per heavy atom. The molecule has 0 saturated carbocycles. The van der Waals surface area contributed by atoms with Crippen molar-refractivity contribution in [3.8, 4) is 28.3 Å². The first-order valence-electron chi connectivity index (χ1n) is 16.8. The van der Waals surface area contributed by atoms with Crippen molar-refractivity contribution in [1.82, 2.24) is 19.5 Å². The van der Waals surface area contributed by atoms with Crippen molar-refractivity contribution in [1.29, 1.82) is 0 Å². The third kappa shape index (κ3) is 3.86. The smallest absolute Gasteiger partial charge is 0.143 e. The molecule has 0 aliphatic heterocycles. The highest BCUT2D eigenvalue weighted by atomic mass is 16.3. The van der Waals surface area contributed by atoms with Crippen LogP contribution < -0.4 is 0 Å². The zero-order chi connectivity index (χ0) is 32.8. The van der Waals surface area contributed by atoms with E-state index in [1.165, 1.54) is 21.8 Å². The van der Waals surface area contributed by atoms with Gasteiger partial charge in [0.1, 0.15) is 11.2 Å². The predicted molar refractivity (Wildman–Crippen MR) is 205 cm³/mol. The summed E-state index contributed by atoms with van der Waals surface area (Å²) in [5.74, 6) is 0. The fraction of sp³-hybridized carbons (Fsp3) is 0. The minimum atomic E-state index is 0.804. The molecule has 50 heavy (non-hydrogen) atoms. The molecule has 0 spiro atoms. The molecule has 0 atom stereocenters. The van der Waals surface area contributed by atoms with Gasteiger partial charge in [-0.25, -0.2) is 9.97 Å². The molecule has 5 heteroatoms. The van der Waals surface area contributed by atoms with Crippen molar-refractivity contribution in [3.63, 3.8) is 0 Å². The maximum Gasteiger partial charge on any atom is 0.143 e. The zero-order valence-electron chi connectivity index (χ0n) is 26.7. The Morgan fingerprint density at radius 3 is 1.94 bits per heavy atom. The highest BCUT2D eigenvalue weighted by molar-refractivity contribution is 6.22. The van der Waals surface area contributed by atoms with E-state index in [0.29, 0.717) is 0 Å². The topological polar surface area (TPSA) is 56.7 Å². The van der Waals surface area contributed by atoms with E-state index in [4.69, 9.17) is 14.4 Å². The molecule has 5 heterocycles. The maximum atomic E-state index is 6.72. The van der Waals surface area contributed by atoms with Crippen LogP contribution in [0.5, 0.6) is 0 Å². The van der Waals surface area contributed by atoms with Crippen molar-refractivity contribution < 1.29 is 4.42 Å². The predicted octanol–water partition coefficient (Wildman–Crippen LogP) is 11.7. The van der Waals surface area contributed by atoms with Crippen molar-refractivity contribution in [2.75, 3.05) is 0 Å². The molecule has 0 N–H and O–H groups in total. The Kier molecular flexibility index (Phi) is 5.60. The first-order valence-corrected chi connectivity index (χ1v) is 16.8. The second kappa shape index (κ2) is 10.3. The Balaban J connectivity index is 1.16. The van der Waals surface area contributed by atoms with Gasteiger partial charge in [-0.1, -0.05) is 103 Å². The van der Waals surface area contributed by atoms with Crippen LogP contribution in [0.2, 0.25) is 0 Å². The van der Waals surface area contributed by atoms with Gasteiger partial charge in [-0.2, -0.15) is 0 Å². The van der Waals surface area contributed by atoms with Gasteiger partial charge >= 0.3 is 0 Å². The molecule has 5 nitrogen and oxygen atoms in total. The number of furan rings is 1. The summed E-state index contributed by atoms with van der Waals surface area (Å²) in [5, 5.41) is 8.90. The summed E-state index contributed by atoms with van der Waals surface area (Å²) in [6, 6.07) is 52.9. The normalized spacial score (nSPS) is 12.0. The van der Waals surface area contributed by atoms with Gasteiger partial charge in [-0.3, -0.25) is 4.98 Å². The average molecular weight is 639 g/mol. The van der Waals surface area contributed by atoms with Crippen LogP contribution in [-0.4, -0.2) is 19.5 Å². The summed E-state index contributed by atoms with van der Waals surface area (Å²) in [6.45, 7) is 0. The Morgan fingerprint density at radius 1 is 0.460 bits per heavy atom. The van der Waals surface area contributed by atoms with E-state index in [2.05, 4.69) is 143 Å². The minimum Gasteiger partial charge on any atom is -0.455 e. The molecule has 11 aromatic rings. The van der Waals surface area contributed by atoms with Gasteiger partial charge in [0.15, 0.2) is 0 Å². The summed E-state index contributed by atoms with van der Waals surface area (Å²) in [5.41, 5.74) is 10.4. The van der Waals surface area contributed by atoms with Crippen molar-refractivity contribution in [2.45, 2.75) is 0 Å². The highest BCUT2D eigenvalue weighted by Crippen LogP contribution is 2.43. The van der Waals surface area contributed by atoms with Gasteiger partial charge in [-0.15, -0.1) is 0 Å². The third-order valence-corrected chi connectivity index (χ3v) is 10.0. The number of benzene rings is 6. The molecule has 0 radical (unpaired) electrons. The van der Waals surface area contributed by atoms with Crippen LogP contribution in [0.15, 0.2) is 162 Å². The fourth-order valence-electron chi connectivity index (χ4n) is 7.80. The summed E-state index contributed by atoms with van der Waals surface area (Å²) >= 11 is 0. The van der Waals surface area contributed by atoms with Crippen molar-refractivity contribution in [3.05, 3.63) is 158 Å². The van der Waals surface area contributed by atoms with Crippen LogP contribution in [0.3, 0.4) is 0 Å². The van der Waals surface area contributed by atoms with E-state index in [0.717, 1.165) is 82.8 Å². The van der Waals surface area contributed by atoms with Crippen LogP contribution in [0.1, 0.15) is 0 Å². The molecular formula is C45H26N4O. The van der Waals surface area contributed by atoms with E-state index in [9.17, 15) is 0 Å². The SMILES string of the molecule is c1cc(-c2ccc3ccc4cccnc4c3n2)nc(-c2cccc3oc4c5ccccc5c(-n5c6ccccc6c6ccccc65)cc4c23)c1. The molecule has 232 valence electrons. The molecule has 6 aromatic carbocycles. The maximum absolute atomic E-state index is 6.72. The Hall–Kier alpha value is -6.85. The molecule has 11 rings (SSSR count). The van der Waals surface area contributed by atoms with E-state index >= 15 is 0 Å². The molecule has 0 saturated heterocycles. The number of hydrogen-bond acceptors (Lipinski definition) is 4. The lowest BCUT2D eigenvalue weighted by Crippen LogP contribution is -1.96. The lowest BCUT2D eigenvalue weighted by molar-refractivity contribution is 0.672. The van der Waals surface area contributed by atoms with E-state index in [1.54, 1.807) is 0 Å². The van der Waals surface area contributed by atoms with Crippen LogP contribution in [-0.2, 0) is 0 Å². The first-order chi connectivity index (χ1) is 24.8. The second-order valence-electron chi connectivity index (χ2n) is 12.8. The summed E-state index contributed by atoms with van der Waals surface area (Å²) in [6.07, 6.45) is 1.82. The average Bonchev–Trinajstić information content (AvgIpc) is 3.73. The van der Waals surface area contributed by atoms with Crippen LogP contribution in [0.4, 0.5) is 0 Å². The molecule has 0 amide bonds. The van der Waals surface area contributed by atoms with Gasteiger partial charge in [0.25, 0.3) is 0 Å². The minimum absolute atomic E-state index is 0.804. The standard InChI is InChI=1S/C45H26N4O/c1-2-14-32-31(13-1)40(49-38-18-5-3-11-29(38)30-12-4-6-19-39(30)49)26-34-42-33(15-7-20-41(42)50-45(32)34)35-16-8-17-36(47-35)37-24-23-28-22-21-27-10-9-25-46-43(27)44(28)48-37/h1-26H. The van der Waals surface area contributed by atoms with Gasteiger partial charge < -0.3 is 8.98 Å². The highest BCUT2D eigenvalue weighted by Gasteiger charge is 2.21. The van der Waals surface area contributed by atoms with Gasteiger partial charge in [0.05, 0.1) is 44.8 Å². The van der Waals surface area contributed by atoms with Crippen molar-refractivity contribution >= 4 is 76.3 Å². The number of pyridine rings is 3.